The number of hydrogen-bond donors (Lipinski definition) is 3. The van der Waals surface area contributed by atoms with Gasteiger partial charge in [0, 0.05) is 19.7 Å². The highest BCUT2D eigenvalue weighted by Gasteiger charge is 2.10. The zero-order valence-electron chi connectivity index (χ0n) is 9.86. The number of primary amides is 1. The maximum absolute atomic E-state index is 11.4. The number of rotatable bonds is 4. The van der Waals surface area contributed by atoms with Crippen LogP contribution in [0.4, 0.5) is 11.4 Å². The Hall–Kier alpha value is -2.24. The minimum atomic E-state index is -0.442. The van der Waals surface area contributed by atoms with Gasteiger partial charge < -0.3 is 21.7 Å². The van der Waals surface area contributed by atoms with Crippen LogP contribution >= 0.6 is 0 Å². The smallest absolute Gasteiger partial charge is 0.251 e. The number of benzene rings is 1. The second-order valence-corrected chi connectivity index (χ2v) is 3.68. The number of carbonyl (C=O) groups is 2. The average Bonchev–Trinajstić information content (AvgIpc) is 2.26. The summed E-state index contributed by atoms with van der Waals surface area (Å²) in [6.07, 6.45) is 0. The number of nitrogen functional groups attached to an aromatic ring is 1. The lowest BCUT2D eigenvalue weighted by Gasteiger charge is -2.19. The van der Waals surface area contributed by atoms with Gasteiger partial charge in [-0.3, -0.25) is 9.59 Å². The summed E-state index contributed by atoms with van der Waals surface area (Å²) in [5.41, 5.74) is 12.5. The molecule has 0 radical (unpaired) electrons. The first-order chi connectivity index (χ1) is 7.95. The summed E-state index contributed by atoms with van der Waals surface area (Å²) >= 11 is 0. The molecule has 0 spiro atoms. The van der Waals surface area contributed by atoms with Crippen LogP contribution in [0.15, 0.2) is 18.2 Å². The van der Waals surface area contributed by atoms with Crippen molar-refractivity contribution in [3.8, 4) is 0 Å². The summed E-state index contributed by atoms with van der Waals surface area (Å²) in [6, 6.07) is 4.89. The molecule has 0 atom stereocenters. The molecule has 92 valence electrons. The van der Waals surface area contributed by atoms with Crippen molar-refractivity contribution in [1.82, 2.24) is 5.32 Å². The van der Waals surface area contributed by atoms with Gasteiger partial charge in [-0.1, -0.05) is 0 Å². The Morgan fingerprint density at radius 1 is 1.41 bits per heavy atom. The van der Waals surface area contributed by atoms with Crippen molar-refractivity contribution >= 4 is 23.2 Å². The lowest BCUT2D eigenvalue weighted by Crippen LogP contribution is -2.31. The zero-order chi connectivity index (χ0) is 13.0. The zero-order valence-corrected chi connectivity index (χ0v) is 9.86. The Balaban J connectivity index is 2.97. The summed E-state index contributed by atoms with van der Waals surface area (Å²) in [5.74, 6) is -0.650. The molecule has 1 aromatic rings. The van der Waals surface area contributed by atoms with Crippen molar-refractivity contribution in [2.75, 3.05) is 31.3 Å². The van der Waals surface area contributed by atoms with Crippen LogP contribution in [-0.4, -0.2) is 32.5 Å². The Labute approximate surface area is 99.6 Å². The van der Waals surface area contributed by atoms with E-state index >= 15 is 0 Å². The lowest BCUT2D eigenvalue weighted by atomic mass is 10.1. The molecule has 0 aliphatic carbocycles. The topological polar surface area (TPSA) is 101 Å². The van der Waals surface area contributed by atoms with Crippen LogP contribution in [-0.2, 0) is 4.79 Å². The monoisotopic (exact) mass is 236 g/mol. The largest absolute Gasteiger partial charge is 0.397 e. The lowest BCUT2D eigenvalue weighted by molar-refractivity contribution is -0.116. The van der Waals surface area contributed by atoms with Gasteiger partial charge in [-0.15, -0.1) is 0 Å². The minimum Gasteiger partial charge on any atom is -0.397 e. The first-order valence-corrected chi connectivity index (χ1v) is 5.06. The Kier molecular flexibility index (Phi) is 3.92. The van der Waals surface area contributed by atoms with Gasteiger partial charge in [0.25, 0.3) is 5.91 Å². The van der Waals surface area contributed by atoms with Crippen LogP contribution in [0.1, 0.15) is 10.4 Å². The first kappa shape index (κ1) is 12.8. The number of nitrogens with zero attached hydrogens (tertiary/aromatic N) is 1. The molecule has 2 amide bonds. The van der Waals surface area contributed by atoms with Crippen molar-refractivity contribution in [3.05, 3.63) is 23.8 Å². The van der Waals surface area contributed by atoms with Crippen molar-refractivity contribution in [3.63, 3.8) is 0 Å². The molecule has 0 fully saturated rings. The van der Waals surface area contributed by atoms with Crippen LogP contribution in [0, 0.1) is 0 Å². The highest BCUT2D eigenvalue weighted by atomic mass is 16.2. The third-order valence-corrected chi connectivity index (χ3v) is 2.32. The second kappa shape index (κ2) is 5.20. The van der Waals surface area contributed by atoms with E-state index in [0.29, 0.717) is 16.9 Å². The molecule has 0 saturated carbocycles. The highest BCUT2D eigenvalue weighted by molar-refractivity contribution is 5.96. The molecule has 0 unspecified atom stereocenters. The number of carbonyl (C=O) groups excluding carboxylic acids is 2. The molecule has 17 heavy (non-hydrogen) atoms. The number of amides is 2. The van der Waals surface area contributed by atoms with E-state index < -0.39 is 5.91 Å². The second-order valence-electron chi connectivity index (χ2n) is 3.68. The van der Waals surface area contributed by atoms with Gasteiger partial charge in [-0.25, -0.2) is 0 Å². The number of nitrogens with one attached hydrogen (secondary N) is 1. The molecule has 0 saturated heterocycles. The molecule has 1 rings (SSSR count). The minimum absolute atomic E-state index is 0.0729. The van der Waals surface area contributed by atoms with Crippen LogP contribution in [0.2, 0.25) is 0 Å². The fourth-order valence-electron chi connectivity index (χ4n) is 1.51. The highest BCUT2D eigenvalue weighted by Crippen LogP contribution is 2.23. The summed E-state index contributed by atoms with van der Waals surface area (Å²) in [4.78, 5) is 23.8. The van der Waals surface area contributed by atoms with Gasteiger partial charge in [0.2, 0.25) is 5.91 Å². The summed E-state index contributed by atoms with van der Waals surface area (Å²) in [5, 5.41) is 2.51. The molecule has 6 heteroatoms. The van der Waals surface area contributed by atoms with E-state index in [0.717, 1.165) is 0 Å². The normalized spacial score (nSPS) is 9.76. The van der Waals surface area contributed by atoms with Crippen LogP contribution in [0.5, 0.6) is 0 Å². The fraction of sp³-hybridized carbons (Fsp3) is 0.273. The van der Waals surface area contributed by atoms with E-state index in [2.05, 4.69) is 5.32 Å². The predicted molar refractivity (Wildman–Crippen MR) is 66.7 cm³/mol. The third kappa shape index (κ3) is 3.10. The molecule has 6 nitrogen and oxygen atoms in total. The van der Waals surface area contributed by atoms with E-state index in [1.165, 1.54) is 0 Å². The van der Waals surface area contributed by atoms with E-state index in [-0.39, 0.29) is 12.5 Å². The number of anilines is 2. The standard InChI is InChI=1S/C11H16N4O2/c1-14-11(17)7-3-4-9(8(12)5-7)15(2)6-10(13)16/h3-5H,6,12H2,1-2H3,(H2,13,16)(H,14,17). The average molecular weight is 236 g/mol. The Bertz CT molecular complexity index is 445. The number of hydrogen-bond acceptors (Lipinski definition) is 4. The van der Waals surface area contributed by atoms with Crippen molar-refractivity contribution in [2.45, 2.75) is 0 Å². The Morgan fingerprint density at radius 3 is 2.53 bits per heavy atom. The van der Waals surface area contributed by atoms with Gasteiger partial charge in [0.15, 0.2) is 0 Å². The quantitative estimate of drug-likeness (QED) is 0.616. The van der Waals surface area contributed by atoms with Crippen molar-refractivity contribution < 1.29 is 9.59 Å². The molecule has 0 heterocycles. The summed E-state index contributed by atoms with van der Waals surface area (Å²) in [6.45, 7) is 0.0729. The number of nitrogens with two attached hydrogens (primary N) is 2. The molecule has 1 aromatic carbocycles. The van der Waals surface area contributed by atoms with Gasteiger partial charge in [0.1, 0.15) is 0 Å². The van der Waals surface area contributed by atoms with Gasteiger partial charge in [-0.2, -0.15) is 0 Å². The first-order valence-electron chi connectivity index (χ1n) is 5.06. The molecule has 5 N–H and O–H groups in total. The third-order valence-electron chi connectivity index (χ3n) is 2.32. The molecular formula is C11H16N4O2. The van der Waals surface area contributed by atoms with E-state index in [1.54, 1.807) is 37.2 Å². The van der Waals surface area contributed by atoms with Crippen LogP contribution in [0.25, 0.3) is 0 Å². The van der Waals surface area contributed by atoms with E-state index in [4.69, 9.17) is 11.5 Å². The van der Waals surface area contributed by atoms with Gasteiger partial charge >= 0.3 is 0 Å². The maximum atomic E-state index is 11.4. The van der Waals surface area contributed by atoms with Crippen molar-refractivity contribution in [2.24, 2.45) is 5.73 Å². The van der Waals surface area contributed by atoms with Crippen LogP contribution < -0.4 is 21.7 Å². The van der Waals surface area contributed by atoms with E-state index in [1.807, 2.05) is 0 Å². The molecule has 0 aliphatic rings. The maximum Gasteiger partial charge on any atom is 0.251 e. The SMILES string of the molecule is CNC(=O)c1ccc(N(C)CC(N)=O)c(N)c1. The summed E-state index contributed by atoms with van der Waals surface area (Å²) in [7, 11) is 3.25. The Morgan fingerprint density at radius 2 is 2.06 bits per heavy atom. The molecular weight excluding hydrogens is 220 g/mol. The predicted octanol–water partition coefficient (Wildman–Crippen LogP) is -0.450. The van der Waals surface area contributed by atoms with E-state index in [9.17, 15) is 9.59 Å². The molecule has 0 bridgehead atoms. The van der Waals surface area contributed by atoms with Crippen LogP contribution in [0.3, 0.4) is 0 Å². The van der Waals surface area contributed by atoms with Gasteiger partial charge in [-0.05, 0) is 18.2 Å². The fourth-order valence-corrected chi connectivity index (χ4v) is 1.51. The molecule has 0 aliphatic heterocycles. The molecule has 0 aromatic heterocycles. The van der Waals surface area contributed by atoms with Crippen molar-refractivity contribution in [1.29, 1.82) is 0 Å². The number of likely N-dealkylation sites (N-methyl/N-ethyl adjacent to an activating group) is 1. The summed E-state index contributed by atoms with van der Waals surface area (Å²) < 4.78 is 0. The van der Waals surface area contributed by atoms with Gasteiger partial charge in [0.05, 0.1) is 17.9 Å².